The molecule has 0 aliphatic carbocycles. The van der Waals surface area contributed by atoms with E-state index in [9.17, 15) is 9.18 Å². The standard InChI is InChI=1S/C8H4BrCl2FO/c9-3-7(13)5-1-4(10)2-6(11)8(5)12/h1-2H,3H2. The van der Waals surface area contributed by atoms with Gasteiger partial charge in [-0.1, -0.05) is 39.1 Å². The Bertz CT molecular complexity index is 354. The highest BCUT2D eigenvalue weighted by Crippen LogP contribution is 2.24. The summed E-state index contributed by atoms with van der Waals surface area (Å²) in [6.07, 6.45) is 0. The first-order chi connectivity index (χ1) is 6.06. The lowest BCUT2D eigenvalue weighted by molar-refractivity contribution is 0.102. The molecule has 0 radical (unpaired) electrons. The first-order valence-corrected chi connectivity index (χ1v) is 5.17. The molecule has 1 nitrogen and oxygen atoms in total. The Balaban J connectivity index is 3.28. The van der Waals surface area contributed by atoms with Crippen LogP contribution in [0.2, 0.25) is 10.0 Å². The van der Waals surface area contributed by atoms with Gasteiger partial charge in [0.1, 0.15) is 0 Å². The van der Waals surface area contributed by atoms with Crippen LogP contribution < -0.4 is 0 Å². The van der Waals surface area contributed by atoms with Crippen molar-refractivity contribution in [3.8, 4) is 0 Å². The zero-order valence-corrected chi connectivity index (χ0v) is 9.38. The molecule has 0 heterocycles. The van der Waals surface area contributed by atoms with Gasteiger partial charge in [0.25, 0.3) is 0 Å². The molecule has 0 N–H and O–H groups in total. The number of carbonyl (C=O) groups excluding carboxylic acids is 1. The maximum absolute atomic E-state index is 13.2. The Morgan fingerprint density at radius 2 is 2.08 bits per heavy atom. The van der Waals surface area contributed by atoms with Crippen LogP contribution in [0.15, 0.2) is 12.1 Å². The molecule has 0 saturated heterocycles. The van der Waals surface area contributed by atoms with Crippen LogP contribution >= 0.6 is 39.1 Å². The number of ketones is 1. The molecular formula is C8H4BrCl2FO. The molecule has 0 saturated carbocycles. The van der Waals surface area contributed by atoms with Crippen LogP contribution in [0.4, 0.5) is 4.39 Å². The quantitative estimate of drug-likeness (QED) is 0.460. The van der Waals surface area contributed by atoms with Crippen molar-refractivity contribution in [2.75, 3.05) is 5.33 Å². The van der Waals surface area contributed by atoms with Crippen LogP contribution in [0.3, 0.4) is 0 Å². The van der Waals surface area contributed by atoms with Gasteiger partial charge in [-0.3, -0.25) is 4.79 Å². The normalized spacial score (nSPS) is 10.2. The summed E-state index contributed by atoms with van der Waals surface area (Å²) in [5, 5.41) is 0.146. The van der Waals surface area contributed by atoms with Crippen LogP contribution in [0.25, 0.3) is 0 Å². The summed E-state index contributed by atoms with van der Waals surface area (Å²) in [6.45, 7) is 0. The number of hydrogen-bond acceptors (Lipinski definition) is 1. The molecule has 0 aliphatic rings. The molecule has 13 heavy (non-hydrogen) atoms. The lowest BCUT2D eigenvalue weighted by Crippen LogP contribution is -2.03. The summed E-state index contributed by atoms with van der Waals surface area (Å²) in [6, 6.07) is 2.51. The SMILES string of the molecule is O=C(CBr)c1cc(Cl)cc(Cl)c1F. The zero-order valence-electron chi connectivity index (χ0n) is 6.28. The Labute approximate surface area is 93.0 Å². The molecule has 0 atom stereocenters. The van der Waals surface area contributed by atoms with Gasteiger partial charge in [0.05, 0.1) is 15.9 Å². The van der Waals surface area contributed by atoms with E-state index in [-0.39, 0.29) is 26.7 Å². The summed E-state index contributed by atoms with van der Waals surface area (Å²) in [5.41, 5.74) is -0.0885. The third kappa shape index (κ3) is 2.42. The van der Waals surface area contributed by atoms with Crippen molar-refractivity contribution in [1.82, 2.24) is 0 Å². The fraction of sp³-hybridized carbons (Fsp3) is 0.125. The van der Waals surface area contributed by atoms with E-state index >= 15 is 0 Å². The zero-order chi connectivity index (χ0) is 10.0. The molecule has 0 unspecified atom stereocenters. The van der Waals surface area contributed by atoms with Crippen molar-refractivity contribution < 1.29 is 9.18 Å². The van der Waals surface area contributed by atoms with Crippen molar-refractivity contribution in [3.63, 3.8) is 0 Å². The van der Waals surface area contributed by atoms with E-state index in [4.69, 9.17) is 23.2 Å². The van der Waals surface area contributed by atoms with Crippen molar-refractivity contribution in [2.45, 2.75) is 0 Å². The van der Waals surface area contributed by atoms with Gasteiger partial charge in [0.2, 0.25) is 0 Å². The fourth-order valence-corrected chi connectivity index (χ4v) is 1.63. The predicted molar refractivity (Wildman–Crippen MR) is 54.5 cm³/mol. The average molecular weight is 286 g/mol. The predicted octanol–water partition coefficient (Wildman–Crippen LogP) is 3.71. The number of carbonyl (C=O) groups is 1. The molecule has 0 fully saturated rings. The molecule has 1 aromatic carbocycles. The van der Waals surface area contributed by atoms with Crippen molar-refractivity contribution in [1.29, 1.82) is 0 Å². The first-order valence-electron chi connectivity index (χ1n) is 3.30. The lowest BCUT2D eigenvalue weighted by Gasteiger charge is -2.02. The number of rotatable bonds is 2. The van der Waals surface area contributed by atoms with Crippen LogP contribution in [-0.2, 0) is 0 Å². The first kappa shape index (κ1) is 11.0. The highest BCUT2D eigenvalue weighted by Gasteiger charge is 2.14. The van der Waals surface area contributed by atoms with Gasteiger partial charge in [-0.2, -0.15) is 0 Å². The number of alkyl halides is 1. The Morgan fingerprint density at radius 1 is 1.46 bits per heavy atom. The van der Waals surface area contributed by atoms with Gasteiger partial charge in [0.15, 0.2) is 11.6 Å². The molecular weight excluding hydrogens is 282 g/mol. The Hall–Kier alpha value is -0.120. The van der Waals surface area contributed by atoms with Crippen molar-refractivity contribution in [2.24, 2.45) is 0 Å². The highest BCUT2D eigenvalue weighted by molar-refractivity contribution is 9.09. The van der Waals surface area contributed by atoms with Crippen LogP contribution in [0.1, 0.15) is 10.4 Å². The van der Waals surface area contributed by atoms with E-state index < -0.39 is 5.82 Å². The second-order valence-electron chi connectivity index (χ2n) is 2.31. The largest absolute Gasteiger partial charge is 0.293 e. The Kier molecular flexibility index (Phi) is 3.71. The van der Waals surface area contributed by atoms with Gasteiger partial charge in [0, 0.05) is 5.02 Å². The van der Waals surface area contributed by atoms with E-state index in [1.807, 2.05) is 0 Å². The molecule has 70 valence electrons. The molecule has 1 aromatic rings. The van der Waals surface area contributed by atoms with E-state index in [2.05, 4.69) is 15.9 Å². The number of hydrogen-bond donors (Lipinski definition) is 0. The summed E-state index contributed by atoms with van der Waals surface area (Å²) >= 11 is 14.0. The minimum absolute atomic E-state index is 0.0423. The van der Waals surface area contributed by atoms with Crippen molar-refractivity contribution in [3.05, 3.63) is 33.6 Å². The molecule has 0 amide bonds. The molecule has 0 aromatic heterocycles. The monoisotopic (exact) mass is 284 g/mol. The smallest absolute Gasteiger partial charge is 0.176 e. The number of halogens is 4. The summed E-state index contributed by atoms with van der Waals surface area (Å²) < 4.78 is 13.2. The van der Waals surface area contributed by atoms with E-state index in [1.54, 1.807) is 0 Å². The van der Waals surface area contributed by atoms with Crippen LogP contribution in [0.5, 0.6) is 0 Å². The summed E-state index contributed by atoms with van der Waals surface area (Å²) in [5.74, 6) is -1.11. The molecule has 1 rings (SSSR count). The fourth-order valence-electron chi connectivity index (χ4n) is 0.831. The highest BCUT2D eigenvalue weighted by atomic mass is 79.9. The van der Waals surface area contributed by atoms with Crippen molar-refractivity contribution >= 4 is 44.9 Å². The van der Waals surface area contributed by atoms with Gasteiger partial charge < -0.3 is 0 Å². The third-order valence-corrected chi connectivity index (χ3v) is 2.42. The maximum Gasteiger partial charge on any atom is 0.176 e. The maximum atomic E-state index is 13.2. The molecule has 0 aliphatic heterocycles. The number of Topliss-reactive ketones (excluding diaryl/α,β-unsaturated/α-hetero) is 1. The van der Waals surface area contributed by atoms with Gasteiger partial charge in [-0.25, -0.2) is 4.39 Å². The van der Waals surface area contributed by atoms with E-state index in [0.717, 1.165) is 0 Å². The van der Waals surface area contributed by atoms with Crippen LogP contribution in [-0.4, -0.2) is 11.1 Å². The average Bonchev–Trinajstić information content (AvgIpc) is 2.10. The van der Waals surface area contributed by atoms with Gasteiger partial charge in [-0.15, -0.1) is 0 Å². The second kappa shape index (κ2) is 4.40. The van der Waals surface area contributed by atoms with Crippen LogP contribution in [0, 0.1) is 5.82 Å². The second-order valence-corrected chi connectivity index (χ2v) is 3.71. The molecule has 0 bridgehead atoms. The van der Waals surface area contributed by atoms with Gasteiger partial charge >= 0.3 is 0 Å². The topological polar surface area (TPSA) is 17.1 Å². The molecule has 0 spiro atoms. The minimum Gasteiger partial charge on any atom is -0.293 e. The lowest BCUT2D eigenvalue weighted by atomic mass is 10.1. The Morgan fingerprint density at radius 3 is 2.62 bits per heavy atom. The number of benzene rings is 1. The third-order valence-electron chi connectivity index (χ3n) is 1.41. The minimum atomic E-state index is -0.726. The van der Waals surface area contributed by atoms with E-state index in [0.29, 0.717) is 0 Å². The summed E-state index contributed by atoms with van der Waals surface area (Å²) in [7, 11) is 0. The van der Waals surface area contributed by atoms with E-state index in [1.165, 1.54) is 12.1 Å². The summed E-state index contributed by atoms with van der Waals surface area (Å²) in [4.78, 5) is 11.1. The molecule has 5 heteroatoms. The van der Waals surface area contributed by atoms with Gasteiger partial charge in [-0.05, 0) is 12.1 Å².